The Kier molecular flexibility index (Phi) is 5.99. The number of aliphatic carboxylic acids is 1. The molecule has 1 atom stereocenters. The standard InChI is InChI=1S/C10H13Br2NO4S2/c1-5(2)3-6(10(14)15)13-19(16,17)7-4-8(11)18-9(7)12/h4-6,13H,3H2,1-2H3,(H,14,15). The number of carbonyl (C=O) groups is 1. The lowest BCUT2D eigenvalue weighted by Crippen LogP contribution is -2.41. The van der Waals surface area contributed by atoms with E-state index >= 15 is 0 Å². The maximum atomic E-state index is 12.1. The number of nitrogens with one attached hydrogen (secondary N) is 1. The number of hydrogen-bond acceptors (Lipinski definition) is 4. The molecule has 0 saturated heterocycles. The summed E-state index contributed by atoms with van der Waals surface area (Å²) in [5.74, 6) is -1.11. The highest BCUT2D eigenvalue weighted by atomic mass is 79.9. The predicted molar refractivity (Wildman–Crippen MR) is 80.9 cm³/mol. The third-order valence-electron chi connectivity index (χ3n) is 2.22. The molecule has 0 radical (unpaired) electrons. The van der Waals surface area contributed by atoms with Gasteiger partial charge in [-0.15, -0.1) is 11.3 Å². The second-order valence-corrected chi connectivity index (χ2v) is 9.76. The molecular formula is C10H13Br2NO4S2. The summed E-state index contributed by atoms with van der Waals surface area (Å²) in [6.45, 7) is 3.67. The van der Waals surface area contributed by atoms with E-state index in [0.29, 0.717) is 7.57 Å². The first-order valence-corrected chi connectivity index (χ1v) is 9.22. The van der Waals surface area contributed by atoms with Gasteiger partial charge in [-0.3, -0.25) is 4.79 Å². The Balaban J connectivity index is 3.01. The highest BCUT2D eigenvalue weighted by Crippen LogP contribution is 2.34. The van der Waals surface area contributed by atoms with Crippen molar-refractivity contribution in [2.45, 2.75) is 31.2 Å². The molecule has 19 heavy (non-hydrogen) atoms. The number of thiophene rings is 1. The minimum absolute atomic E-state index is 0.0411. The average Bonchev–Trinajstić information content (AvgIpc) is 2.56. The number of sulfonamides is 1. The van der Waals surface area contributed by atoms with Gasteiger partial charge < -0.3 is 5.11 Å². The van der Waals surface area contributed by atoms with Crippen LogP contribution in [-0.4, -0.2) is 25.5 Å². The normalized spacial score (nSPS) is 13.7. The molecule has 0 aromatic carbocycles. The Hall–Kier alpha value is 0.0400. The molecule has 1 aromatic heterocycles. The fourth-order valence-electron chi connectivity index (χ4n) is 1.43. The molecular weight excluding hydrogens is 422 g/mol. The van der Waals surface area contributed by atoms with E-state index in [0.717, 1.165) is 0 Å². The topological polar surface area (TPSA) is 83.5 Å². The van der Waals surface area contributed by atoms with Gasteiger partial charge in [0.25, 0.3) is 0 Å². The molecule has 0 fully saturated rings. The van der Waals surface area contributed by atoms with Crippen molar-refractivity contribution in [3.8, 4) is 0 Å². The molecule has 5 nitrogen and oxygen atoms in total. The molecule has 108 valence electrons. The van der Waals surface area contributed by atoms with Crippen LogP contribution in [0.15, 0.2) is 18.5 Å². The van der Waals surface area contributed by atoms with Crippen LogP contribution < -0.4 is 4.72 Å². The first-order chi connectivity index (χ1) is 8.63. The molecule has 2 N–H and O–H groups in total. The molecule has 1 unspecified atom stereocenters. The number of hydrogen-bond donors (Lipinski definition) is 2. The highest BCUT2D eigenvalue weighted by Gasteiger charge is 2.28. The summed E-state index contributed by atoms with van der Waals surface area (Å²) in [4.78, 5) is 11.1. The summed E-state index contributed by atoms with van der Waals surface area (Å²) < 4.78 is 27.6. The molecule has 0 amide bonds. The van der Waals surface area contributed by atoms with Crippen molar-refractivity contribution in [3.63, 3.8) is 0 Å². The smallest absolute Gasteiger partial charge is 0.321 e. The molecule has 1 heterocycles. The molecule has 1 rings (SSSR count). The second kappa shape index (κ2) is 6.66. The lowest BCUT2D eigenvalue weighted by Gasteiger charge is -2.16. The fraction of sp³-hybridized carbons (Fsp3) is 0.500. The van der Waals surface area contributed by atoms with Gasteiger partial charge in [0.1, 0.15) is 10.9 Å². The van der Waals surface area contributed by atoms with E-state index in [2.05, 4.69) is 36.6 Å². The summed E-state index contributed by atoms with van der Waals surface area (Å²) in [6.07, 6.45) is 0.234. The summed E-state index contributed by atoms with van der Waals surface area (Å²) in [5, 5.41) is 9.06. The summed E-state index contributed by atoms with van der Waals surface area (Å²) in [6, 6.07) is 0.307. The van der Waals surface area contributed by atoms with Gasteiger partial charge in [0.05, 0.1) is 7.57 Å². The minimum atomic E-state index is -3.86. The van der Waals surface area contributed by atoms with Crippen molar-refractivity contribution < 1.29 is 18.3 Å². The van der Waals surface area contributed by atoms with E-state index in [9.17, 15) is 13.2 Å². The van der Waals surface area contributed by atoms with Crippen LogP contribution in [0, 0.1) is 5.92 Å². The quantitative estimate of drug-likeness (QED) is 0.720. The van der Waals surface area contributed by atoms with Crippen molar-refractivity contribution >= 4 is 59.2 Å². The average molecular weight is 435 g/mol. The number of carboxylic acids is 1. The van der Waals surface area contributed by atoms with Gasteiger partial charge in [-0.2, -0.15) is 4.72 Å². The first kappa shape index (κ1) is 17.1. The van der Waals surface area contributed by atoms with Gasteiger partial charge in [-0.05, 0) is 50.3 Å². The SMILES string of the molecule is CC(C)CC(NS(=O)(=O)c1cc(Br)sc1Br)C(=O)O. The summed E-state index contributed by atoms with van der Waals surface area (Å²) >= 11 is 7.56. The van der Waals surface area contributed by atoms with E-state index in [-0.39, 0.29) is 17.2 Å². The van der Waals surface area contributed by atoms with Crippen LogP contribution in [0.2, 0.25) is 0 Å². The zero-order valence-electron chi connectivity index (χ0n) is 10.2. The van der Waals surface area contributed by atoms with Crippen molar-refractivity contribution in [2.24, 2.45) is 5.92 Å². The van der Waals surface area contributed by atoms with Crippen LogP contribution >= 0.6 is 43.2 Å². The van der Waals surface area contributed by atoms with Crippen molar-refractivity contribution in [2.75, 3.05) is 0 Å². The Labute approximate surface area is 132 Å². The lowest BCUT2D eigenvalue weighted by molar-refractivity contribution is -0.139. The van der Waals surface area contributed by atoms with Crippen molar-refractivity contribution in [1.29, 1.82) is 0 Å². The van der Waals surface area contributed by atoms with Crippen LogP contribution in [0.1, 0.15) is 20.3 Å². The van der Waals surface area contributed by atoms with Gasteiger partial charge in [-0.25, -0.2) is 8.42 Å². The first-order valence-electron chi connectivity index (χ1n) is 5.33. The Morgan fingerprint density at radius 3 is 2.42 bits per heavy atom. The Morgan fingerprint density at radius 2 is 2.05 bits per heavy atom. The predicted octanol–water partition coefficient (Wildman–Crippen LogP) is 3.05. The van der Waals surface area contributed by atoms with Crippen LogP contribution in [-0.2, 0) is 14.8 Å². The van der Waals surface area contributed by atoms with Crippen molar-refractivity contribution in [1.82, 2.24) is 4.72 Å². The molecule has 0 aliphatic carbocycles. The maximum absolute atomic E-state index is 12.1. The van der Waals surface area contributed by atoms with Gasteiger partial charge in [-0.1, -0.05) is 13.8 Å². The molecule has 0 aliphatic rings. The van der Waals surface area contributed by atoms with Gasteiger partial charge in [0, 0.05) is 0 Å². The zero-order valence-corrected chi connectivity index (χ0v) is 15.0. The third-order valence-corrected chi connectivity index (χ3v) is 6.44. The largest absolute Gasteiger partial charge is 0.480 e. The maximum Gasteiger partial charge on any atom is 0.321 e. The van der Waals surface area contributed by atoms with Gasteiger partial charge in [0.2, 0.25) is 10.0 Å². The van der Waals surface area contributed by atoms with Gasteiger partial charge >= 0.3 is 5.97 Å². The number of carboxylic acid groups (broad SMARTS) is 1. The van der Waals surface area contributed by atoms with Crippen LogP contribution in [0.4, 0.5) is 0 Å². The molecule has 0 saturated carbocycles. The lowest BCUT2D eigenvalue weighted by atomic mass is 10.1. The molecule has 0 bridgehead atoms. The van der Waals surface area contributed by atoms with E-state index in [1.165, 1.54) is 17.4 Å². The second-order valence-electron chi connectivity index (χ2n) is 4.33. The molecule has 1 aromatic rings. The van der Waals surface area contributed by atoms with E-state index in [1.54, 1.807) is 0 Å². The highest BCUT2D eigenvalue weighted by molar-refractivity contribution is 9.12. The third kappa shape index (κ3) is 4.82. The minimum Gasteiger partial charge on any atom is -0.480 e. The molecule has 9 heteroatoms. The van der Waals surface area contributed by atoms with Crippen molar-refractivity contribution in [3.05, 3.63) is 13.6 Å². The van der Waals surface area contributed by atoms with E-state index in [1.807, 2.05) is 13.8 Å². The van der Waals surface area contributed by atoms with Crippen LogP contribution in [0.5, 0.6) is 0 Å². The molecule has 0 spiro atoms. The van der Waals surface area contributed by atoms with Gasteiger partial charge in [0.15, 0.2) is 0 Å². The number of rotatable bonds is 6. The number of halogens is 2. The monoisotopic (exact) mass is 433 g/mol. The zero-order chi connectivity index (χ0) is 14.8. The molecule has 0 aliphatic heterocycles. The summed E-state index contributed by atoms with van der Waals surface area (Å²) in [7, 11) is -3.86. The Bertz CT molecular complexity index is 568. The fourth-order valence-corrected chi connectivity index (χ4v) is 6.44. The summed E-state index contributed by atoms with van der Waals surface area (Å²) in [5.41, 5.74) is 0. The van der Waals surface area contributed by atoms with E-state index < -0.39 is 22.0 Å². The van der Waals surface area contributed by atoms with Crippen LogP contribution in [0.3, 0.4) is 0 Å². The van der Waals surface area contributed by atoms with Crippen LogP contribution in [0.25, 0.3) is 0 Å². The van der Waals surface area contributed by atoms with E-state index in [4.69, 9.17) is 5.11 Å². The Morgan fingerprint density at radius 1 is 1.47 bits per heavy atom.